The van der Waals surface area contributed by atoms with Crippen molar-refractivity contribution in [2.45, 2.75) is 33.1 Å². The van der Waals surface area contributed by atoms with Crippen LogP contribution in [-0.2, 0) is 20.5 Å². The smallest absolute Gasteiger partial charge is 0.416 e. The number of aromatic nitrogens is 1. The summed E-state index contributed by atoms with van der Waals surface area (Å²) in [5, 5.41) is 0.311. The van der Waals surface area contributed by atoms with E-state index in [0.717, 1.165) is 12.1 Å². The number of alkyl halides is 3. The molecule has 3 aromatic carbocycles. The zero-order chi connectivity index (χ0) is 29.8. The standard InChI is InChI=1S/C30H29ClF3N2O5/c1-4-36(5-2,6-3)26(37)18-39-29(38)27(19-10-9-11-20(16-19)30(32,33)34)40-24-15-14-21(31)17-22(24)28-35-23-12-7-8-13-25(23)41-28/h7-17,27H,4-6,18H2,1-3H3/q+1. The number of fused-ring (bicyclic) bond motifs is 1. The maximum absolute atomic E-state index is 13.6. The lowest BCUT2D eigenvalue weighted by atomic mass is 10.1. The molecule has 0 N–H and O–H groups in total. The monoisotopic (exact) mass is 589 g/mol. The van der Waals surface area contributed by atoms with E-state index in [9.17, 15) is 22.8 Å². The van der Waals surface area contributed by atoms with Crippen molar-refractivity contribution in [2.24, 2.45) is 0 Å². The molecule has 216 valence electrons. The van der Waals surface area contributed by atoms with Gasteiger partial charge in [-0.05, 0) is 63.2 Å². The van der Waals surface area contributed by atoms with Gasteiger partial charge < -0.3 is 13.9 Å². The number of benzene rings is 3. The summed E-state index contributed by atoms with van der Waals surface area (Å²) in [5.74, 6) is -1.16. The second-order valence-electron chi connectivity index (χ2n) is 9.34. The number of hydrogen-bond acceptors (Lipinski definition) is 6. The average molecular weight is 590 g/mol. The van der Waals surface area contributed by atoms with E-state index in [0.29, 0.717) is 35.8 Å². The van der Waals surface area contributed by atoms with Gasteiger partial charge in [-0.2, -0.15) is 13.2 Å². The molecule has 0 aliphatic heterocycles. The molecule has 0 aliphatic carbocycles. The summed E-state index contributed by atoms with van der Waals surface area (Å²) in [7, 11) is 0. The second kappa shape index (κ2) is 12.3. The number of carbonyl (C=O) groups excluding carboxylic acids is 2. The minimum Gasteiger partial charge on any atom is -0.473 e. The highest BCUT2D eigenvalue weighted by Gasteiger charge is 2.36. The number of likely N-dealkylation sites (N-methyl/N-ethyl adjacent to an activating group) is 1. The van der Waals surface area contributed by atoms with Crippen LogP contribution in [0.2, 0.25) is 5.02 Å². The van der Waals surface area contributed by atoms with E-state index < -0.39 is 30.4 Å². The predicted octanol–water partition coefficient (Wildman–Crippen LogP) is 7.23. The quantitative estimate of drug-likeness (QED) is 0.143. The number of esters is 1. The van der Waals surface area contributed by atoms with E-state index in [4.69, 9.17) is 25.5 Å². The van der Waals surface area contributed by atoms with Crippen LogP contribution >= 0.6 is 11.6 Å². The summed E-state index contributed by atoms with van der Waals surface area (Å²) in [6.07, 6.45) is -6.31. The molecular weight excluding hydrogens is 561 g/mol. The summed E-state index contributed by atoms with van der Waals surface area (Å²) in [4.78, 5) is 30.9. The Hall–Kier alpha value is -3.89. The van der Waals surface area contributed by atoms with Gasteiger partial charge in [-0.25, -0.2) is 14.6 Å². The first kappa shape index (κ1) is 30.1. The van der Waals surface area contributed by atoms with E-state index in [1.54, 1.807) is 24.3 Å². The summed E-state index contributed by atoms with van der Waals surface area (Å²) in [6.45, 7) is 6.49. The fourth-order valence-electron chi connectivity index (χ4n) is 4.56. The molecule has 1 atom stereocenters. The van der Waals surface area contributed by atoms with E-state index in [1.807, 2.05) is 20.8 Å². The van der Waals surface area contributed by atoms with Gasteiger partial charge >= 0.3 is 18.1 Å². The van der Waals surface area contributed by atoms with Gasteiger partial charge in [-0.15, -0.1) is 0 Å². The highest BCUT2D eigenvalue weighted by Crippen LogP contribution is 2.38. The lowest BCUT2D eigenvalue weighted by Gasteiger charge is -2.32. The zero-order valence-electron chi connectivity index (χ0n) is 22.7. The Morgan fingerprint density at radius 1 is 0.976 bits per heavy atom. The molecule has 0 saturated carbocycles. The Kier molecular flexibility index (Phi) is 9.04. The molecule has 1 unspecified atom stereocenters. The van der Waals surface area contributed by atoms with Crippen molar-refractivity contribution in [3.05, 3.63) is 82.9 Å². The van der Waals surface area contributed by atoms with Crippen LogP contribution in [-0.4, -0.2) is 47.6 Å². The van der Waals surface area contributed by atoms with Gasteiger partial charge in [0.1, 0.15) is 11.3 Å². The molecule has 0 aliphatic rings. The number of carbonyl (C=O) groups is 2. The fourth-order valence-corrected chi connectivity index (χ4v) is 4.73. The van der Waals surface area contributed by atoms with Crippen LogP contribution in [0.25, 0.3) is 22.6 Å². The molecule has 0 saturated heterocycles. The normalized spacial score (nSPS) is 12.8. The Balaban J connectivity index is 1.72. The predicted molar refractivity (Wildman–Crippen MR) is 147 cm³/mol. The summed E-state index contributed by atoms with van der Waals surface area (Å²) >= 11 is 6.24. The van der Waals surface area contributed by atoms with Crippen molar-refractivity contribution in [1.29, 1.82) is 0 Å². The number of para-hydroxylation sites is 2. The lowest BCUT2D eigenvalue weighted by molar-refractivity contribution is -0.849. The van der Waals surface area contributed by atoms with Crippen molar-refractivity contribution in [2.75, 3.05) is 26.2 Å². The van der Waals surface area contributed by atoms with Crippen molar-refractivity contribution in [3.63, 3.8) is 0 Å². The van der Waals surface area contributed by atoms with Crippen molar-refractivity contribution in [1.82, 2.24) is 4.98 Å². The number of halogens is 4. The minimum absolute atomic E-state index is 0.0625. The van der Waals surface area contributed by atoms with E-state index in [1.165, 1.54) is 30.3 Å². The summed E-state index contributed by atoms with van der Waals surface area (Å²) in [5.41, 5.74) is 0.239. The maximum atomic E-state index is 13.6. The van der Waals surface area contributed by atoms with Crippen LogP contribution in [0.15, 0.2) is 71.1 Å². The van der Waals surface area contributed by atoms with Crippen LogP contribution in [0, 0.1) is 0 Å². The molecule has 4 aromatic rings. The van der Waals surface area contributed by atoms with Crippen molar-refractivity contribution in [3.8, 4) is 17.2 Å². The van der Waals surface area contributed by atoms with Gasteiger partial charge in [-0.1, -0.05) is 35.9 Å². The van der Waals surface area contributed by atoms with Crippen LogP contribution < -0.4 is 4.74 Å². The molecule has 0 bridgehead atoms. The zero-order valence-corrected chi connectivity index (χ0v) is 23.5. The molecule has 0 radical (unpaired) electrons. The lowest BCUT2D eigenvalue weighted by Crippen LogP contribution is -2.54. The van der Waals surface area contributed by atoms with Gasteiger partial charge in [-0.3, -0.25) is 4.48 Å². The molecule has 4 rings (SSSR count). The van der Waals surface area contributed by atoms with Gasteiger partial charge in [0.15, 0.2) is 5.58 Å². The number of oxazole rings is 1. The molecule has 0 fully saturated rings. The third-order valence-corrected chi connectivity index (χ3v) is 7.36. The second-order valence-corrected chi connectivity index (χ2v) is 9.78. The number of nitrogens with zero attached hydrogens (tertiary/aromatic N) is 2. The Bertz CT molecular complexity index is 1510. The van der Waals surface area contributed by atoms with Crippen molar-refractivity contribution >= 4 is 34.6 Å². The van der Waals surface area contributed by atoms with Gasteiger partial charge in [0, 0.05) is 10.6 Å². The van der Waals surface area contributed by atoms with Gasteiger partial charge in [0.2, 0.25) is 18.6 Å². The molecule has 1 heterocycles. The molecular formula is C30H29ClF3N2O5+. The molecule has 1 aromatic heterocycles. The number of rotatable bonds is 10. The van der Waals surface area contributed by atoms with Gasteiger partial charge in [0.05, 0.1) is 30.8 Å². The average Bonchev–Trinajstić information content (AvgIpc) is 3.40. The molecule has 11 heteroatoms. The Morgan fingerprint density at radius 3 is 2.34 bits per heavy atom. The number of quaternary nitrogens is 1. The van der Waals surface area contributed by atoms with E-state index in [-0.39, 0.29) is 33.2 Å². The maximum Gasteiger partial charge on any atom is 0.416 e. The first-order valence-corrected chi connectivity index (χ1v) is 13.4. The third-order valence-electron chi connectivity index (χ3n) is 7.12. The summed E-state index contributed by atoms with van der Waals surface area (Å²) in [6, 6.07) is 15.7. The molecule has 1 amide bonds. The third kappa shape index (κ3) is 6.55. The van der Waals surface area contributed by atoms with Crippen LogP contribution in [0.4, 0.5) is 13.2 Å². The van der Waals surface area contributed by atoms with Crippen LogP contribution in [0.1, 0.15) is 38.0 Å². The van der Waals surface area contributed by atoms with E-state index >= 15 is 0 Å². The molecule has 0 spiro atoms. The highest BCUT2D eigenvalue weighted by atomic mass is 35.5. The minimum atomic E-state index is -4.66. The van der Waals surface area contributed by atoms with Crippen molar-refractivity contribution < 1.29 is 41.1 Å². The first-order chi connectivity index (χ1) is 19.5. The van der Waals surface area contributed by atoms with Gasteiger partial charge in [0.25, 0.3) is 0 Å². The number of hydrogen-bond donors (Lipinski definition) is 0. The molecule has 41 heavy (non-hydrogen) atoms. The number of ether oxygens (including phenoxy) is 2. The Labute approximate surface area is 240 Å². The highest BCUT2D eigenvalue weighted by molar-refractivity contribution is 6.30. The molecule has 7 nitrogen and oxygen atoms in total. The SMILES string of the molecule is CC[N+](CC)(CC)C(=O)COC(=O)C(Oc1ccc(Cl)cc1-c1nc2ccccc2o1)c1cccc(C(F)(F)F)c1. The Morgan fingerprint density at radius 2 is 1.68 bits per heavy atom. The summed E-state index contributed by atoms with van der Waals surface area (Å²) < 4.78 is 58.0. The largest absolute Gasteiger partial charge is 0.473 e. The van der Waals surface area contributed by atoms with Crippen LogP contribution in [0.3, 0.4) is 0 Å². The number of amides is 1. The topological polar surface area (TPSA) is 78.6 Å². The van der Waals surface area contributed by atoms with Crippen LogP contribution in [0.5, 0.6) is 5.75 Å². The first-order valence-electron chi connectivity index (χ1n) is 13.1. The van der Waals surface area contributed by atoms with E-state index in [2.05, 4.69) is 4.98 Å². The fraction of sp³-hybridized carbons (Fsp3) is 0.300.